The van der Waals surface area contributed by atoms with Gasteiger partial charge in [-0.3, -0.25) is 4.79 Å². The minimum atomic E-state index is -0.0498. The van der Waals surface area contributed by atoms with Crippen LogP contribution in [0.15, 0.2) is 18.2 Å². The second-order valence-electron chi connectivity index (χ2n) is 6.03. The molecule has 0 spiro atoms. The third-order valence-electron chi connectivity index (χ3n) is 3.11. The maximum absolute atomic E-state index is 12.1. The molecule has 0 aromatic heterocycles. The SMILES string of the molecule is CCCOc1ccc(C(=O)CCCCl)cc1C(C)(C)C. The summed E-state index contributed by atoms with van der Waals surface area (Å²) in [7, 11) is 0. The highest BCUT2D eigenvalue weighted by Crippen LogP contribution is 2.32. The Balaban J connectivity index is 3.04. The number of ketones is 1. The minimum absolute atomic E-state index is 0.0498. The summed E-state index contributed by atoms with van der Waals surface area (Å²) >= 11 is 5.65. The van der Waals surface area contributed by atoms with Crippen LogP contribution in [0.3, 0.4) is 0 Å². The van der Waals surface area contributed by atoms with Gasteiger partial charge < -0.3 is 4.74 Å². The molecule has 2 nitrogen and oxygen atoms in total. The van der Waals surface area contributed by atoms with E-state index < -0.39 is 0 Å². The molecule has 0 heterocycles. The first-order valence-electron chi connectivity index (χ1n) is 7.26. The lowest BCUT2D eigenvalue weighted by Crippen LogP contribution is -2.15. The molecule has 0 fully saturated rings. The molecule has 0 saturated heterocycles. The van der Waals surface area contributed by atoms with Crippen molar-refractivity contribution in [2.45, 2.75) is 52.4 Å². The number of alkyl halides is 1. The molecule has 1 aromatic rings. The van der Waals surface area contributed by atoms with Crippen molar-refractivity contribution in [3.05, 3.63) is 29.3 Å². The summed E-state index contributed by atoms with van der Waals surface area (Å²) in [5.41, 5.74) is 1.79. The lowest BCUT2D eigenvalue weighted by atomic mass is 9.84. The van der Waals surface area contributed by atoms with E-state index >= 15 is 0 Å². The summed E-state index contributed by atoms with van der Waals surface area (Å²) in [5, 5.41) is 0. The van der Waals surface area contributed by atoms with E-state index in [0.717, 1.165) is 29.7 Å². The Hall–Kier alpha value is -1.02. The van der Waals surface area contributed by atoms with Gasteiger partial charge in [0.2, 0.25) is 0 Å². The maximum Gasteiger partial charge on any atom is 0.162 e. The number of benzene rings is 1. The lowest BCUT2D eigenvalue weighted by Gasteiger charge is -2.23. The van der Waals surface area contributed by atoms with Gasteiger partial charge in [-0.2, -0.15) is 0 Å². The molecule has 0 bridgehead atoms. The van der Waals surface area contributed by atoms with Crippen molar-refractivity contribution >= 4 is 17.4 Å². The quantitative estimate of drug-likeness (QED) is 0.524. The molecule has 0 saturated carbocycles. The number of carbonyl (C=O) groups excluding carboxylic acids is 1. The van der Waals surface area contributed by atoms with Crippen LogP contribution in [0.25, 0.3) is 0 Å². The molecular weight excluding hydrogens is 272 g/mol. The average Bonchev–Trinajstić information content (AvgIpc) is 2.41. The van der Waals surface area contributed by atoms with E-state index in [-0.39, 0.29) is 11.2 Å². The Morgan fingerprint density at radius 2 is 2.00 bits per heavy atom. The predicted octanol–water partition coefficient (Wildman–Crippen LogP) is 4.97. The van der Waals surface area contributed by atoms with Gasteiger partial charge in [-0.1, -0.05) is 27.7 Å². The van der Waals surface area contributed by atoms with E-state index in [9.17, 15) is 4.79 Å². The van der Waals surface area contributed by atoms with Crippen molar-refractivity contribution in [2.24, 2.45) is 0 Å². The fourth-order valence-electron chi connectivity index (χ4n) is 2.00. The molecule has 1 aromatic carbocycles. The standard InChI is InChI=1S/C17H25ClO2/c1-5-11-20-16-9-8-13(15(19)7-6-10-18)12-14(16)17(2,3)4/h8-9,12H,5-7,10-11H2,1-4H3. The van der Waals surface area contributed by atoms with E-state index in [1.165, 1.54) is 0 Å². The van der Waals surface area contributed by atoms with E-state index in [1.54, 1.807) is 0 Å². The van der Waals surface area contributed by atoms with Crippen LogP contribution in [0, 0.1) is 0 Å². The molecule has 0 aliphatic rings. The highest BCUT2D eigenvalue weighted by atomic mass is 35.5. The number of Topliss-reactive ketones (excluding diaryl/α,β-unsaturated/α-hetero) is 1. The highest BCUT2D eigenvalue weighted by Gasteiger charge is 2.21. The monoisotopic (exact) mass is 296 g/mol. The molecule has 0 aliphatic heterocycles. The molecule has 20 heavy (non-hydrogen) atoms. The second-order valence-corrected chi connectivity index (χ2v) is 6.40. The van der Waals surface area contributed by atoms with Gasteiger partial charge in [0.1, 0.15) is 5.75 Å². The summed E-state index contributed by atoms with van der Waals surface area (Å²) in [4.78, 5) is 12.1. The Labute approximate surface area is 127 Å². The average molecular weight is 297 g/mol. The molecule has 0 N–H and O–H groups in total. The van der Waals surface area contributed by atoms with Crippen molar-refractivity contribution in [2.75, 3.05) is 12.5 Å². The van der Waals surface area contributed by atoms with Crippen molar-refractivity contribution in [1.82, 2.24) is 0 Å². The Bertz CT molecular complexity index is 447. The van der Waals surface area contributed by atoms with Crippen molar-refractivity contribution in [3.63, 3.8) is 0 Å². The summed E-state index contributed by atoms with van der Waals surface area (Å²) in [6, 6.07) is 5.75. The summed E-state index contributed by atoms with van der Waals surface area (Å²) in [6.07, 6.45) is 2.20. The van der Waals surface area contributed by atoms with Crippen LogP contribution < -0.4 is 4.74 Å². The van der Waals surface area contributed by atoms with Crippen LogP contribution in [0.4, 0.5) is 0 Å². The van der Waals surface area contributed by atoms with Crippen LogP contribution in [0.1, 0.15) is 62.9 Å². The molecule has 0 aliphatic carbocycles. The van der Waals surface area contributed by atoms with E-state index in [1.807, 2.05) is 18.2 Å². The van der Waals surface area contributed by atoms with E-state index in [4.69, 9.17) is 16.3 Å². The van der Waals surface area contributed by atoms with Crippen LogP contribution in [0.2, 0.25) is 0 Å². The molecule has 0 amide bonds. The third kappa shape index (κ3) is 4.82. The van der Waals surface area contributed by atoms with E-state index in [2.05, 4.69) is 27.7 Å². The predicted molar refractivity (Wildman–Crippen MR) is 85.2 cm³/mol. The lowest BCUT2D eigenvalue weighted by molar-refractivity contribution is 0.0982. The minimum Gasteiger partial charge on any atom is -0.493 e. The number of carbonyl (C=O) groups is 1. The summed E-state index contributed by atoms with van der Waals surface area (Å²) in [5.74, 6) is 1.56. The van der Waals surface area contributed by atoms with Gasteiger partial charge in [-0.25, -0.2) is 0 Å². The molecule has 0 unspecified atom stereocenters. The molecule has 3 heteroatoms. The summed E-state index contributed by atoms with van der Waals surface area (Å²) < 4.78 is 5.80. The van der Waals surface area contributed by atoms with Crippen LogP contribution in [-0.4, -0.2) is 18.3 Å². The smallest absolute Gasteiger partial charge is 0.162 e. The maximum atomic E-state index is 12.1. The molecule has 0 radical (unpaired) electrons. The normalized spacial score (nSPS) is 11.4. The number of hydrogen-bond acceptors (Lipinski definition) is 2. The van der Waals surface area contributed by atoms with Crippen molar-refractivity contribution < 1.29 is 9.53 Å². The van der Waals surface area contributed by atoms with Crippen molar-refractivity contribution in [3.8, 4) is 5.75 Å². The first-order chi connectivity index (χ1) is 9.40. The number of ether oxygens (including phenoxy) is 1. The largest absolute Gasteiger partial charge is 0.493 e. The zero-order chi connectivity index (χ0) is 15.2. The first kappa shape index (κ1) is 17.0. The topological polar surface area (TPSA) is 26.3 Å². The van der Waals surface area contributed by atoms with Gasteiger partial charge in [-0.15, -0.1) is 11.6 Å². The van der Waals surface area contributed by atoms with Gasteiger partial charge in [0.25, 0.3) is 0 Å². The molecule has 112 valence electrons. The number of rotatable bonds is 7. The van der Waals surface area contributed by atoms with Gasteiger partial charge >= 0.3 is 0 Å². The van der Waals surface area contributed by atoms with Gasteiger partial charge in [0.05, 0.1) is 6.61 Å². The van der Waals surface area contributed by atoms with Gasteiger partial charge in [0.15, 0.2) is 5.78 Å². The fraction of sp³-hybridized carbons (Fsp3) is 0.588. The van der Waals surface area contributed by atoms with Gasteiger partial charge in [-0.05, 0) is 36.5 Å². The zero-order valence-electron chi connectivity index (χ0n) is 13.0. The fourth-order valence-corrected chi connectivity index (χ4v) is 2.13. The Kier molecular flexibility index (Phi) is 6.54. The Morgan fingerprint density at radius 1 is 1.30 bits per heavy atom. The van der Waals surface area contributed by atoms with Crippen LogP contribution >= 0.6 is 11.6 Å². The van der Waals surface area contributed by atoms with Gasteiger partial charge in [0, 0.05) is 23.4 Å². The molecule has 1 rings (SSSR count). The van der Waals surface area contributed by atoms with Crippen LogP contribution in [-0.2, 0) is 5.41 Å². The summed E-state index contributed by atoms with van der Waals surface area (Å²) in [6.45, 7) is 9.18. The first-order valence-corrected chi connectivity index (χ1v) is 7.80. The third-order valence-corrected chi connectivity index (χ3v) is 3.38. The number of halogens is 1. The second kappa shape index (κ2) is 7.68. The van der Waals surface area contributed by atoms with E-state index in [0.29, 0.717) is 18.9 Å². The Morgan fingerprint density at radius 3 is 2.55 bits per heavy atom. The molecular formula is C17H25ClO2. The zero-order valence-corrected chi connectivity index (χ0v) is 13.7. The van der Waals surface area contributed by atoms with Crippen LogP contribution in [0.5, 0.6) is 5.75 Å². The molecule has 0 atom stereocenters. The number of hydrogen-bond donors (Lipinski definition) is 0. The highest BCUT2D eigenvalue weighted by molar-refractivity contribution is 6.18. The van der Waals surface area contributed by atoms with Crippen molar-refractivity contribution in [1.29, 1.82) is 0 Å².